The maximum Gasteiger partial charge on any atom is 0.326 e. The fourth-order valence-electron chi connectivity index (χ4n) is 2.75. The topological polar surface area (TPSA) is 92.7 Å². The van der Waals surface area contributed by atoms with Gasteiger partial charge in [0.2, 0.25) is 10.0 Å². The SMILES string of the molecule is COC(=O)C(CO)NS(=O)(=O)c1c(C(C)C)cc(C(C)C)cc1C(C)C. The van der Waals surface area contributed by atoms with Crippen LogP contribution in [0.15, 0.2) is 17.0 Å². The van der Waals surface area contributed by atoms with E-state index in [-0.39, 0.29) is 22.6 Å². The van der Waals surface area contributed by atoms with Crippen molar-refractivity contribution in [3.05, 3.63) is 28.8 Å². The zero-order valence-electron chi connectivity index (χ0n) is 16.7. The van der Waals surface area contributed by atoms with Crippen molar-refractivity contribution in [2.45, 2.75) is 70.2 Å². The quantitative estimate of drug-likeness (QED) is 0.671. The summed E-state index contributed by atoms with van der Waals surface area (Å²) in [6.45, 7) is 11.2. The minimum absolute atomic E-state index is 0.0246. The summed E-state index contributed by atoms with van der Waals surface area (Å²) >= 11 is 0. The number of benzene rings is 1. The van der Waals surface area contributed by atoms with Crippen LogP contribution in [0.3, 0.4) is 0 Å². The largest absolute Gasteiger partial charge is 0.468 e. The van der Waals surface area contributed by atoms with Crippen LogP contribution in [0.5, 0.6) is 0 Å². The normalized spacial score (nSPS) is 13.5. The Hall–Kier alpha value is -1.44. The van der Waals surface area contributed by atoms with E-state index in [1.165, 1.54) is 0 Å². The lowest BCUT2D eigenvalue weighted by Gasteiger charge is -2.24. The highest BCUT2D eigenvalue weighted by molar-refractivity contribution is 7.89. The number of hydrogen-bond acceptors (Lipinski definition) is 5. The van der Waals surface area contributed by atoms with Crippen LogP contribution in [0.25, 0.3) is 0 Å². The number of rotatable bonds is 8. The van der Waals surface area contributed by atoms with E-state index in [2.05, 4.69) is 23.3 Å². The fraction of sp³-hybridized carbons (Fsp3) is 0.632. The van der Waals surface area contributed by atoms with E-state index in [1.54, 1.807) is 0 Å². The number of aliphatic hydroxyl groups is 1. The Kier molecular flexibility index (Phi) is 7.80. The number of methoxy groups -OCH3 is 1. The third kappa shape index (κ3) is 5.05. The fourth-order valence-corrected chi connectivity index (χ4v) is 4.62. The molecule has 7 heteroatoms. The summed E-state index contributed by atoms with van der Waals surface area (Å²) in [6, 6.07) is 2.50. The van der Waals surface area contributed by atoms with Gasteiger partial charge in [-0.15, -0.1) is 0 Å². The molecule has 0 radical (unpaired) electrons. The van der Waals surface area contributed by atoms with E-state index in [9.17, 15) is 18.3 Å². The molecule has 1 aromatic carbocycles. The molecule has 1 atom stereocenters. The molecule has 1 rings (SSSR count). The van der Waals surface area contributed by atoms with Gasteiger partial charge in [0.1, 0.15) is 6.04 Å². The molecular formula is C19H31NO5S. The van der Waals surface area contributed by atoms with E-state index in [0.29, 0.717) is 11.1 Å². The second-order valence-electron chi connectivity index (χ2n) is 7.37. The van der Waals surface area contributed by atoms with Gasteiger partial charge < -0.3 is 9.84 Å². The second-order valence-corrected chi connectivity index (χ2v) is 9.02. The van der Waals surface area contributed by atoms with Crippen LogP contribution in [0.4, 0.5) is 0 Å². The van der Waals surface area contributed by atoms with Gasteiger partial charge in [0, 0.05) is 0 Å². The monoisotopic (exact) mass is 385 g/mol. The lowest BCUT2D eigenvalue weighted by atomic mass is 9.89. The van der Waals surface area contributed by atoms with Crippen molar-refractivity contribution < 1.29 is 23.1 Å². The van der Waals surface area contributed by atoms with Crippen molar-refractivity contribution >= 4 is 16.0 Å². The molecule has 0 spiro atoms. The number of esters is 1. The lowest BCUT2D eigenvalue weighted by molar-refractivity contribution is -0.143. The smallest absolute Gasteiger partial charge is 0.326 e. The molecule has 0 aliphatic rings. The maximum atomic E-state index is 13.1. The van der Waals surface area contributed by atoms with Crippen LogP contribution in [0.1, 0.15) is 76.0 Å². The number of ether oxygens (including phenoxy) is 1. The van der Waals surface area contributed by atoms with Gasteiger partial charge in [-0.3, -0.25) is 4.79 Å². The molecule has 0 saturated heterocycles. The molecule has 2 N–H and O–H groups in total. The first-order valence-electron chi connectivity index (χ1n) is 8.84. The summed E-state index contributed by atoms with van der Waals surface area (Å²) in [5.41, 5.74) is 2.48. The number of hydrogen-bond donors (Lipinski definition) is 2. The summed E-state index contributed by atoms with van der Waals surface area (Å²) < 4.78 is 33.1. The van der Waals surface area contributed by atoms with E-state index in [4.69, 9.17) is 0 Å². The van der Waals surface area contributed by atoms with Gasteiger partial charge in [-0.1, -0.05) is 53.7 Å². The molecule has 1 unspecified atom stereocenters. The van der Waals surface area contributed by atoms with Gasteiger partial charge >= 0.3 is 5.97 Å². The number of sulfonamides is 1. The van der Waals surface area contributed by atoms with Crippen molar-refractivity contribution in [2.24, 2.45) is 0 Å². The first kappa shape index (κ1) is 22.6. The van der Waals surface area contributed by atoms with Crippen LogP contribution < -0.4 is 4.72 Å². The molecule has 0 aliphatic carbocycles. The van der Waals surface area contributed by atoms with Crippen molar-refractivity contribution in [3.63, 3.8) is 0 Å². The highest BCUT2D eigenvalue weighted by Crippen LogP contribution is 2.35. The summed E-state index contributed by atoms with van der Waals surface area (Å²) in [5.74, 6) is -0.617. The Bertz CT molecular complexity index is 709. The van der Waals surface area contributed by atoms with Crippen LogP contribution in [-0.2, 0) is 19.6 Å². The molecule has 0 aromatic heterocycles. The van der Waals surface area contributed by atoms with Gasteiger partial charge in [0.15, 0.2) is 0 Å². The van der Waals surface area contributed by atoms with Crippen LogP contribution in [0, 0.1) is 0 Å². The van der Waals surface area contributed by atoms with Crippen molar-refractivity contribution in [2.75, 3.05) is 13.7 Å². The third-order valence-electron chi connectivity index (χ3n) is 4.31. The number of carbonyl (C=O) groups excluding carboxylic acids is 1. The average molecular weight is 386 g/mol. The maximum absolute atomic E-state index is 13.1. The molecule has 26 heavy (non-hydrogen) atoms. The zero-order valence-corrected chi connectivity index (χ0v) is 17.5. The minimum Gasteiger partial charge on any atom is -0.468 e. The summed E-state index contributed by atoms with van der Waals surface area (Å²) in [4.78, 5) is 11.9. The second kappa shape index (κ2) is 8.97. The molecule has 148 valence electrons. The molecule has 6 nitrogen and oxygen atoms in total. The predicted molar refractivity (Wildman–Crippen MR) is 102 cm³/mol. The van der Waals surface area contributed by atoms with Crippen molar-refractivity contribution in [1.29, 1.82) is 0 Å². The Morgan fingerprint density at radius 3 is 1.81 bits per heavy atom. The van der Waals surface area contributed by atoms with E-state index < -0.39 is 28.6 Å². The van der Waals surface area contributed by atoms with Crippen molar-refractivity contribution in [1.82, 2.24) is 4.72 Å². The number of nitrogens with one attached hydrogen (secondary N) is 1. The molecule has 0 heterocycles. The van der Waals surface area contributed by atoms with Gasteiger partial charge in [-0.05, 0) is 34.4 Å². The van der Waals surface area contributed by atoms with Crippen LogP contribution in [-0.4, -0.2) is 39.3 Å². The molecule has 0 amide bonds. The Morgan fingerprint density at radius 1 is 1.04 bits per heavy atom. The summed E-state index contributed by atoms with van der Waals surface area (Å²) in [5, 5.41) is 9.38. The molecule has 0 saturated carbocycles. The summed E-state index contributed by atoms with van der Waals surface area (Å²) in [6.07, 6.45) is 0. The Morgan fingerprint density at radius 2 is 1.50 bits per heavy atom. The van der Waals surface area contributed by atoms with Gasteiger partial charge in [0.05, 0.1) is 18.6 Å². The highest BCUT2D eigenvalue weighted by Gasteiger charge is 2.31. The van der Waals surface area contributed by atoms with E-state index >= 15 is 0 Å². The number of carbonyl (C=O) groups is 1. The first-order chi connectivity index (χ1) is 12.0. The first-order valence-corrected chi connectivity index (χ1v) is 10.3. The van der Waals surface area contributed by atoms with E-state index in [0.717, 1.165) is 12.7 Å². The van der Waals surface area contributed by atoms with Crippen molar-refractivity contribution in [3.8, 4) is 0 Å². The van der Waals surface area contributed by atoms with Crippen LogP contribution in [0.2, 0.25) is 0 Å². The average Bonchev–Trinajstić information content (AvgIpc) is 2.57. The van der Waals surface area contributed by atoms with Crippen LogP contribution >= 0.6 is 0 Å². The standard InChI is InChI=1S/C19H31NO5S/c1-11(2)14-8-15(12(3)4)18(16(9-14)13(5)6)26(23,24)20-17(10-21)19(22)25-7/h8-9,11-13,17,20-21H,10H2,1-7H3. The number of aliphatic hydroxyl groups excluding tert-OH is 1. The minimum atomic E-state index is -4.03. The molecule has 1 aromatic rings. The zero-order chi connectivity index (χ0) is 20.2. The van der Waals surface area contributed by atoms with E-state index in [1.807, 2.05) is 39.8 Å². The molecular weight excluding hydrogens is 354 g/mol. The summed E-state index contributed by atoms with van der Waals surface area (Å²) in [7, 11) is -2.88. The van der Waals surface area contributed by atoms with Gasteiger partial charge in [0.25, 0.3) is 0 Å². The van der Waals surface area contributed by atoms with Gasteiger partial charge in [-0.2, -0.15) is 4.72 Å². The Balaban J connectivity index is 3.64. The molecule has 0 bridgehead atoms. The Labute approximate surface area is 157 Å². The molecule has 0 fully saturated rings. The highest BCUT2D eigenvalue weighted by atomic mass is 32.2. The van der Waals surface area contributed by atoms with Gasteiger partial charge in [-0.25, -0.2) is 8.42 Å². The predicted octanol–water partition coefficient (Wildman–Crippen LogP) is 2.87. The molecule has 0 aliphatic heterocycles. The third-order valence-corrected chi connectivity index (χ3v) is 5.92. The lowest BCUT2D eigenvalue weighted by Crippen LogP contribution is -2.44.